The Hall–Kier alpha value is -2.81. The quantitative estimate of drug-likeness (QED) is 0.595. The molecule has 1 aromatic heterocycles. The lowest BCUT2D eigenvalue weighted by atomic mass is 10.2. The fraction of sp³-hybridized carbons (Fsp3) is 0.333. The van der Waals surface area contributed by atoms with Crippen LogP contribution in [0, 0.1) is 13.8 Å². The summed E-state index contributed by atoms with van der Waals surface area (Å²) in [5, 5.41) is 0. The van der Waals surface area contributed by atoms with Crippen LogP contribution in [0.1, 0.15) is 28.2 Å². The van der Waals surface area contributed by atoms with E-state index in [-0.39, 0.29) is 6.42 Å². The van der Waals surface area contributed by atoms with Gasteiger partial charge in [-0.2, -0.15) is 13.2 Å². The molecule has 0 bridgehead atoms. The van der Waals surface area contributed by atoms with Crippen LogP contribution in [0.15, 0.2) is 36.4 Å². The number of halogens is 3. The number of hydrogen-bond acceptors (Lipinski definition) is 3. The van der Waals surface area contributed by atoms with E-state index in [1.807, 2.05) is 41.8 Å². The van der Waals surface area contributed by atoms with Crippen molar-refractivity contribution in [3.8, 4) is 5.69 Å². The Balaban J connectivity index is 1.90. The van der Waals surface area contributed by atoms with Crippen molar-refractivity contribution < 1.29 is 27.5 Å². The first kappa shape index (κ1) is 20.5. The first-order chi connectivity index (χ1) is 12.7. The summed E-state index contributed by atoms with van der Waals surface area (Å²) >= 11 is 0. The van der Waals surface area contributed by atoms with Gasteiger partial charge in [0.25, 0.3) is 5.91 Å². The number of nitrogens with zero attached hydrogens (tertiary/aromatic N) is 1. The van der Waals surface area contributed by atoms with Crippen molar-refractivity contribution in [2.75, 3.05) is 13.2 Å². The average Bonchev–Trinajstić information content (AvgIpc) is 2.91. The summed E-state index contributed by atoms with van der Waals surface area (Å²) in [6.45, 7) is 1.82. The smallest absolute Gasteiger partial charge is 0.372 e. The summed E-state index contributed by atoms with van der Waals surface area (Å²) in [6.07, 6.45) is -4.74. The van der Waals surface area contributed by atoms with Crippen molar-refractivity contribution >= 4 is 11.8 Å². The second kappa shape index (κ2) is 8.72. The van der Waals surface area contributed by atoms with E-state index < -0.39 is 31.2 Å². The average molecular weight is 383 g/mol. The molecule has 146 valence electrons. The zero-order valence-electron chi connectivity index (χ0n) is 14.9. The van der Waals surface area contributed by atoms with Gasteiger partial charge in [0.2, 0.25) is 5.91 Å². The number of ether oxygens (including phenoxy) is 1. The van der Waals surface area contributed by atoms with Gasteiger partial charge < -0.3 is 9.30 Å². The van der Waals surface area contributed by atoms with Crippen LogP contribution >= 0.6 is 0 Å². The highest BCUT2D eigenvalue weighted by molar-refractivity contribution is 5.96. The van der Waals surface area contributed by atoms with E-state index in [1.54, 1.807) is 13.0 Å². The van der Waals surface area contributed by atoms with Crippen LogP contribution in [-0.4, -0.2) is 35.8 Å². The number of benzene rings is 1. The minimum Gasteiger partial charge on any atom is -0.372 e. The topological polar surface area (TPSA) is 72.4 Å². The van der Waals surface area contributed by atoms with Crippen molar-refractivity contribution in [1.29, 1.82) is 0 Å². The van der Waals surface area contributed by atoms with Gasteiger partial charge in [0.15, 0.2) is 0 Å². The molecule has 6 nitrogen and oxygen atoms in total. The molecule has 0 aliphatic rings. The second-order valence-corrected chi connectivity index (χ2v) is 5.88. The number of alkyl halides is 3. The standard InChI is InChI=1S/C18H20F3N3O3/c1-12-10-15(13(2)24(12)14-6-4-3-5-7-14)17(26)23-22-16(25)8-9-27-11-18(19,20)21/h3-7,10H,8-9,11H2,1-2H3,(H,22,25)(H,23,26). The number of para-hydroxylation sites is 1. The number of aryl methyl sites for hydroxylation is 1. The predicted octanol–water partition coefficient (Wildman–Crippen LogP) is 2.82. The Kier molecular flexibility index (Phi) is 6.62. The van der Waals surface area contributed by atoms with Gasteiger partial charge in [-0.15, -0.1) is 0 Å². The lowest BCUT2D eigenvalue weighted by molar-refractivity contribution is -0.174. The molecule has 0 fully saturated rings. The van der Waals surface area contributed by atoms with Crippen LogP contribution in [0.5, 0.6) is 0 Å². The van der Waals surface area contributed by atoms with E-state index in [0.29, 0.717) is 11.3 Å². The second-order valence-electron chi connectivity index (χ2n) is 5.88. The molecule has 1 aromatic carbocycles. The molecule has 2 amide bonds. The normalized spacial score (nSPS) is 11.3. The third kappa shape index (κ3) is 5.85. The molecule has 2 rings (SSSR count). The van der Waals surface area contributed by atoms with Gasteiger partial charge in [0.05, 0.1) is 18.6 Å². The van der Waals surface area contributed by atoms with Gasteiger partial charge in [-0.05, 0) is 32.0 Å². The molecule has 9 heteroatoms. The molecule has 0 saturated heterocycles. The number of hydrogen-bond donors (Lipinski definition) is 2. The van der Waals surface area contributed by atoms with Crippen LogP contribution < -0.4 is 10.9 Å². The summed E-state index contributed by atoms with van der Waals surface area (Å²) in [5.74, 6) is -1.17. The lowest BCUT2D eigenvalue weighted by Gasteiger charge is -2.10. The third-order valence-corrected chi connectivity index (χ3v) is 3.74. The van der Waals surface area contributed by atoms with Gasteiger partial charge in [-0.3, -0.25) is 20.4 Å². The number of carbonyl (C=O) groups is 2. The van der Waals surface area contributed by atoms with Crippen molar-refractivity contribution in [2.24, 2.45) is 0 Å². The van der Waals surface area contributed by atoms with Crippen LogP contribution in [0.4, 0.5) is 13.2 Å². The van der Waals surface area contributed by atoms with Gasteiger partial charge in [-0.1, -0.05) is 18.2 Å². The molecule has 2 N–H and O–H groups in total. The van der Waals surface area contributed by atoms with Gasteiger partial charge in [-0.25, -0.2) is 0 Å². The van der Waals surface area contributed by atoms with E-state index in [0.717, 1.165) is 11.4 Å². The molecule has 0 saturated carbocycles. The summed E-state index contributed by atoms with van der Waals surface area (Å²) in [6, 6.07) is 11.2. The SMILES string of the molecule is Cc1cc(C(=O)NNC(=O)CCOCC(F)(F)F)c(C)n1-c1ccccc1. The van der Waals surface area contributed by atoms with E-state index >= 15 is 0 Å². The fourth-order valence-corrected chi connectivity index (χ4v) is 2.58. The predicted molar refractivity (Wildman–Crippen MR) is 92.3 cm³/mol. The Morgan fingerprint density at radius 3 is 2.41 bits per heavy atom. The van der Waals surface area contributed by atoms with E-state index in [9.17, 15) is 22.8 Å². The molecule has 0 aliphatic heterocycles. The molecule has 0 atom stereocenters. The zero-order valence-corrected chi connectivity index (χ0v) is 14.9. The highest BCUT2D eigenvalue weighted by Gasteiger charge is 2.27. The van der Waals surface area contributed by atoms with Crippen LogP contribution in [0.25, 0.3) is 5.69 Å². The maximum atomic E-state index is 12.3. The van der Waals surface area contributed by atoms with Crippen molar-refractivity contribution in [3.63, 3.8) is 0 Å². The van der Waals surface area contributed by atoms with Crippen molar-refractivity contribution in [2.45, 2.75) is 26.4 Å². The molecule has 1 heterocycles. The summed E-state index contributed by atoms with van der Waals surface area (Å²) in [7, 11) is 0. The van der Waals surface area contributed by atoms with Crippen LogP contribution in [0.3, 0.4) is 0 Å². The molecular weight excluding hydrogens is 363 g/mol. The molecule has 0 aliphatic carbocycles. The van der Waals surface area contributed by atoms with Gasteiger partial charge in [0, 0.05) is 17.1 Å². The molecule has 2 aromatic rings. The van der Waals surface area contributed by atoms with Crippen molar-refractivity contribution in [3.05, 3.63) is 53.3 Å². The summed E-state index contributed by atoms with van der Waals surface area (Å²) in [4.78, 5) is 23.9. The first-order valence-electron chi connectivity index (χ1n) is 8.17. The Morgan fingerprint density at radius 2 is 1.78 bits per heavy atom. The van der Waals surface area contributed by atoms with E-state index in [4.69, 9.17) is 0 Å². The first-order valence-corrected chi connectivity index (χ1v) is 8.17. The number of carbonyl (C=O) groups excluding carboxylic acids is 2. The maximum Gasteiger partial charge on any atom is 0.411 e. The van der Waals surface area contributed by atoms with Gasteiger partial charge in [0.1, 0.15) is 6.61 Å². The van der Waals surface area contributed by atoms with Gasteiger partial charge >= 0.3 is 6.18 Å². The molecular formula is C18H20F3N3O3. The highest BCUT2D eigenvalue weighted by Crippen LogP contribution is 2.20. The molecule has 27 heavy (non-hydrogen) atoms. The number of rotatable bonds is 6. The molecule has 0 unspecified atom stereocenters. The molecule has 0 spiro atoms. The summed E-state index contributed by atoms with van der Waals surface area (Å²) in [5.41, 5.74) is 7.24. The largest absolute Gasteiger partial charge is 0.411 e. The number of hydrazine groups is 1. The number of aromatic nitrogens is 1. The third-order valence-electron chi connectivity index (χ3n) is 3.74. The van der Waals surface area contributed by atoms with Crippen LogP contribution in [0.2, 0.25) is 0 Å². The number of amides is 2. The fourth-order valence-electron chi connectivity index (χ4n) is 2.58. The number of nitrogens with one attached hydrogen (secondary N) is 2. The van der Waals surface area contributed by atoms with Crippen LogP contribution in [-0.2, 0) is 9.53 Å². The Morgan fingerprint density at radius 1 is 1.11 bits per heavy atom. The minimum atomic E-state index is -4.44. The molecule has 0 radical (unpaired) electrons. The Bertz CT molecular complexity index is 801. The van der Waals surface area contributed by atoms with E-state index in [2.05, 4.69) is 15.6 Å². The highest BCUT2D eigenvalue weighted by atomic mass is 19.4. The summed E-state index contributed by atoms with van der Waals surface area (Å²) < 4.78 is 42.0. The van der Waals surface area contributed by atoms with Crippen molar-refractivity contribution in [1.82, 2.24) is 15.4 Å². The minimum absolute atomic E-state index is 0.306. The monoisotopic (exact) mass is 383 g/mol. The maximum absolute atomic E-state index is 12.3. The Labute approximate surface area is 154 Å². The zero-order chi connectivity index (χ0) is 20.0. The lowest BCUT2D eigenvalue weighted by Crippen LogP contribution is -2.42. The van der Waals surface area contributed by atoms with E-state index in [1.165, 1.54) is 0 Å².